The third-order valence-electron chi connectivity index (χ3n) is 2.82. The minimum Gasteiger partial charge on any atom is -0.467 e. The second kappa shape index (κ2) is 4.89. The fourth-order valence-corrected chi connectivity index (χ4v) is 1.88. The molecule has 5 heteroatoms. The second-order valence-electron chi connectivity index (χ2n) is 4.17. The van der Waals surface area contributed by atoms with Gasteiger partial charge >= 0.3 is 6.03 Å². The van der Waals surface area contributed by atoms with E-state index in [-0.39, 0.29) is 6.03 Å². The Bertz CT molecular complexity index is 686. The average Bonchev–Trinajstić information content (AvgIpc) is 3.07. The van der Waals surface area contributed by atoms with Crippen LogP contribution in [0.3, 0.4) is 0 Å². The predicted molar refractivity (Wildman–Crippen MR) is 72.9 cm³/mol. The lowest BCUT2D eigenvalue weighted by atomic mass is 10.2. The Morgan fingerprint density at radius 2 is 2.21 bits per heavy atom. The van der Waals surface area contributed by atoms with Crippen LogP contribution in [0.4, 0.5) is 10.5 Å². The fourth-order valence-electron chi connectivity index (χ4n) is 1.88. The molecule has 2 heterocycles. The first-order valence-corrected chi connectivity index (χ1v) is 5.96. The molecule has 2 amide bonds. The zero-order valence-electron chi connectivity index (χ0n) is 10.1. The summed E-state index contributed by atoms with van der Waals surface area (Å²) in [5.41, 5.74) is 1.73. The summed E-state index contributed by atoms with van der Waals surface area (Å²) >= 11 is 0. The molecule has 3 aromatic rings. The molecule has 5 nitrogen and oxygen atoms in total. The van der Waals surface area contributed by atoms with E-state index < -0.39 is 0 Å². The van der Waals surface area contributed by atoms with Crippen molar-refractivity contribution in [3.63, 3.8) is 0 Å². The molecule has 0 aliphatic heterocycles. The number of rotatable bonds is 3. The van der Waals surface area contributed by atoms with Crippen molar-refractivity contribution >= 4 is 22.6 Å². The standard InChI is InChI=1S/C14H13N3O2/c18-14(16-9-12-2-1-7-19-12)17-11-4-3-10-5-6-15-13(10)8-11/h1-8,15H,9H2,(H2,16,17,18). The number of H-pyrrole nitrogens is 1. The number of fused-ring (bicyclic) bond motifs is 1. The highest BCUT2D eigenvalue weighted by atomic mass is 16.3. The zero-order chi connectivity index (χ0) is 13.1. The van der Waals surface area contributed by atoms with Gasteiger partial charge in [-0.2, -0.15) is 0 Å². The van der Waals surface area contributed by atoms with Crippen molar-refractivity contribution in [2.24, 2.45) is 0 Å². The van der Waals surface area contributed by atoms with Crippen LogP contribution in [0.2, 0.25) is 0 Å². The molecule has 0 radical (unpaired) electrons. The molecule has 3 rings (SSSR count). The van der Waals surface area contributed by atoms with Crippen LogP contribution in [0.15, 0.2) is 53.3 Å². The van der Waals surface area contributed by atoms with Gasteiger partial charge < -0.3 is 20.0 Å². The summed E-state index contributed by atoms with van der Waals surface area (Å²) in [5.74, 6) is 0.718. The molecule has 0 aliphatic rings. The first kappa shape index (κ1) is 11.4. The third-order valence-corrected chi connectivity index (χ3v) is 2.82. The van der Waals surface area contributed by atoms with Crippen LogP contribution in [0.25, 0.3) is 10.9 Å². The molecule has 0 saturated carbocycles. The van der Waals surface area contributed by atoms with Gasteiger partial charge in [0, 0.05) is 17.4 Å². The number of aromatic nitrogens is 1. The normalized spacial score (nSPS) is 10.5. The molecule has 0 saturated heterocycles. The van der Waals surface area contributed by atoms with Crippen LogP contribution in [-0.4, -0.2) is 11.0 Å². The quantitative estimate of drug-likeness (QED) is 0.673. The van der Waals surface area contributed by atoms with E-state index in [0.717, 1.165) is 22.4 Å². The first-order chi connectivity index (χ1) is 9.31. The summed E-state index contributed by atoms with van der Waals surface area (Å²) < 4.78 is 5.13. The topological polar surface area (TPSA) is 70.1 Å². The first-order valence-electron chi connectivity index (χ1n) is 5.96. The van der Waals surface area contributed by atoms with E-state index in [1.807, 2.05) is 36.5 Å². The van der Waals surface area contributed by atoms with Gasteiger partial charge in [0.05, 0.1) is 12.8 Å². The van der Waals surface area contributed by atoms with E-state index in [1.165, 1.54) is 0 Å². The van der Waals surface area contributed by atoms with Gasteiger partial charge in [0.2, 0.25) is 0 Å². The monoisotopic (exact) mass is 255 g/mol. The van der Waals surface area contributed by atoms with Crippen LogP contribution in [0.1, 0.15) is 5.76 Å². The zero-order valence-corrected chi connectivity index (χ0v) is 10.1. The molecule has 0 atom stereocenters. The van der Waals surface area contributed by atoms with Crippen LogP contribution in [-0.2, 0) is 6.54 Å². The number of benzene rings is 1. The highest BCUT2D eigenvalue weighted by Crippen LogP contribution is 2.17. The summed E-state index contributed by atoms with van der Waals surface area (Å²) in [6, 6.07) is 11.0. The predicted octanol–water partition coefficient (Wildman–Crippen LogP) is 3.08. The Kier molecular flexibility index (Phi) is 2.94. The highest BCUT2D eigenvalue weighted by molar-refractivity contribution is 5.92. The maximum absolute atomic E-state index is 11.7. The maximum atomic E-state index is 11.7. The number of carbonyl (C=O) groups is 1. The number of amides is 2. The van der Waals surface area contributed by atoms with Crippen molar-refractivity contribution in [3.05, 3.63) is 54.6 Å². The summed E-state index contributed by atoms with van der Waals surface area (Å²) in [6.45, 7) is 0.365. The Morgan fingerprint density at radius 3 is 3.05 bits per heavy atom. The molecule has 3 N–H and O–H groups in total. The number of aromatic amines is 1. The van der Waals surface area contributed by atoms with Crippen LogP contribution < -0.4 is 10.6 Å². The summed E-state index contributed by atoms with van der Waals surface area (Å²) in [7, 11) is 0. The van der Waals surface area contributed by atoms with E-state index in [4.69, 9.17) is 4.42 Å². The van der Waals surface area contributed by atoms with Gasteiger partial charge in [-0.3, -0.25) is 0 Å². The second-order valence-corrected chi connectivity index (χ2v) is 4.17. The van der Waals surface area contributed by atoms with Gasteiger partial charge in [0.25, 0.3) is 0 Å². The van der Waals surface area contributed by atoms with E-state index in [1.54, 1.807) is 12.3 Å². The molecular formula is C14H13N3O2. The maximum Gasteiger partial charge on any atom is 0.319 e. The molecule has 0 aliphatic carbocycles. The molecule has 96 valence electrons. The van der Waals surface area contributed by atoms with Crippen molar-refractivity contribution in [2.75, 3.05) is 5.32 Å². The number of hydrogen-bond donors (Lipinski definition) is 3. The average molecular weight is 255 g/mol. The Morgan fingerprint density at radius 1 is 1.26 bits per heavy atom. The van der Waals surface area contributed by atoms with Crippen molar-refractivity contribution < 1.29 is 9.21 Å². The van der Waals surface area contributed by atoms with Crippen molar-refractivity contribution in [1.29, 1.82) is 0 Å². The van der Waals surface area contributed by atoms with Gasteiger partial charge in [0.15, 0.2) is 0 Å². The third kappa shape index (κ3) is 2.60. The summed E-state index contributed by atoms with van der Waals surface area (Å²) in [4.78, 5) is 14.8. The Balaban J connectivity index is 1.62. The van der Waals surface area contributed by atoms with E-state index in [0.29, 0.717) is 6.54 Å². The lowest BCUT2D eigenvalue weighted by Gasteiger charge is -2.06. The van der Waals surface area contributed by atoms with Crippen LogP contribution >= 0.6 is 0 Å². The molecule has 0 fully saturated rings. The Labute approximate surface area is 109 Å². The molecular weight excluding hydrogens is 242 g/mol. The van der Waals surface area contributed by atoms with Crippen molar-refractivity contribution in [2.45, 2.75) is 6.54 Å². The summed E-state index contributed by atoms with van der Waals surface area (Å²) in [6.07, 6.45) is 3.44. The smallest absolute Gasteiger partial charge is 0.319 e. The number of urea groups is 1. The van der Waals surface area contributed by atoms with Gasteiger partial charge in [-0.15, -0.1) is 0 Å². The van der Waals surface area contributed by atoms with E-state index in [2.05, 4.69) is 15.6 Å². The van der Waals surface area contributed by atoms with Crippen LogP contribution in [0, 0.1) is 0 Å². The molecule has 0 bridgehead atoms. The van der Waals surface area contributed by atoms with Gasteiger partial charge in [-0.25, -0.2) is 4.79 Å². The number of carbonyl (C=O) groups excluding carboxylic acids is 1. The molecule has 1 aromatic carbocycles. The molecule has 0 spiro atoms. The van der Waals surface area contributed by atoms with E-state index >= 15 is 0 Å². The minimum absolute atomic E-state index is 0.262. The van der Waals surface area contributed by atoms with Crippen LogP contribution in [0.5, 0.6) is 0 Å². The molecule has 19 heavy (non-hydrogen) atoms. The molecule has 0 unspecified atom stereocenters. The summed E-state index contributed by atoms with van der Waals surface area (Å²) in [5, 5.41) is 6.61. The minimum atomic E-state index is -0.262. The van der Waals surface area contributed by atoms with E-state index in [9.17, 15) is 4.79 Å². The number of hydrogen-bond acceptors (Lipinski definition) is 2. The lowest BCUT2D eigenvalue weighted by Crippen LogP contribution is -2.27. The largest absolute Gasteiger partial charge is 0.467 e. The SMILES string of the molecule is O=C(NCc1ccco1)Nc1ccc2cc[nH]c2c1. The van der Waals surface area contributed by atoms with Gasteiger partial charge in [-0.1, -0.05) is 6.07 Å². The van der Waals surface area contributed by atoms with Crippen molar-refractivity contribution in [3.8, 4) is 0 Å². The number of nitrogens with one attached hydrogen (secondary N) is 3. The van der Waals surface area contributed by atoms with Gasteiger partial charge in [0.1, 0.15) is 5.76 Å². The Hall–Kier alpha value is -2.69. The van der Waals surface area contributed by atoms with Gasteiger partial charge in [-0.05, 0) is 35.7 Å². The highest BCUT2D eigenvalue weighted by Gasteiger charge is 2.04. The lowest BCUT2D eigenvalue weighted by molar-refractivity contribution is 0.251. The molecule has 2 aromatic heterocycles. The fraction of sp³-hybridized carbons (Fsp3) is 0.0714. The number of anilines is 1. The van der Waals surface area contributed by atoms with Crippen molar-refractivity contribution in [1.82, 2.24) is 10.3 Å². The number of furan rings is 1.